The Labute approximate surface area is 140 Å². The van der Waals surface area contributed by atoms with Gasteiger partial charge < -0.3 is 5.11 Å². The van der Waals surface area contributed by atoms with Crippen LogP contribution in [0.5, 0.6) is 0 Å². The maximum atomic E-state index is 9.27. The molecule has 4 rings (SSSR count). The minimum atomic E-state index is 0.00120. The standard InChI is InChI=1S/C20H17N3O/c1-14-17(16-6-3-2-4-7-16)8-5-9-18(14)20-21-19-12-15(13-24)10-11-23(19)22-20/h2-12,24H,13H2,1H3. The topological polar surface area (TPSA) is 50.4 Å². The highest BCUT2D eigenvalue weighted by atomic mass is 16.3. The Balaban J connectivity index is 1.85. The van der Waals surface area contributed by atoms with Crippen LogP contribution in [0, 0.1) is 6.92 Å². The van der Waals surface area contributed by atoms with Gasteiger partial charge in [-0.05, 0) is 41.3 Å². The molecule has 118 valence electrons. The zero-order chi connectivity index (χ0) is 16.5. The van der Waals surface area contributed by atoms with Gasteiger partial charge in [-0.15, -0.1) is 5.10 Å². The van der Waals surface area contributed by atoms with E-state index >= 15 is 0 Å². The Morgan fingerprint density at radius 3 is 2.54 bits per heavy atom. The third-order valence-corrected chi connectivity index (χ3v) is 4.24. The largest absolute Gasteiger partial charge is 0.392 e. The van der Waals surface area contributed by atoms with E-state index < -0.39 is 0 Å². The first kappa shape index (κ1) is 14.6. The van der Waals surface area contributed by atoms with E-state index in [1.54, 1.807) is 4.52 Å². The van der Waals surface area contributed by atoms with Crippen LogP contribution in [-0.2, 0) is 6.61 Å². The molecule has 0 unspecified atom stereocenters. The van der Waals surface area contributed by atoms with Gasteiger partial charge in [0, 0.05) is 11.8 Å². The monoisotopic (exact) mass is 315 g/mol. The smallest absolute Gasteiger partial charge is 0.182 e. The van der Waals surface area contributed by atoms with E-state index in [4.69, 9.17) is 0 Å². The van der Waals surface area contributed by atoms with Gasteiger partial charge in [0.05, 0.1) is 6.61 Å². The van der Waals surface area contributed by atoms with Crippen LogP contribution in [0.3, 0.4) is 0 Å². The second-order valence-corrected chi connectivity index (χ2v) is 5.78. The molecule has 0 fully saturated rings. The highest BCUT2D eigenvalue weighted by molar-refractivity contribution is 5.76. The molecule has 24 heavy (non-hydrogen) atoms. The molecule has 4 nitrogen and oxygen atoms in total. The van der Waals surface area contributed by atoms with E-state index in [0.717, 1.165) is 22.3 Å². The number of hydrogen-bond acceptors (Lipinski definition) is 3. The molecule has 0 saturated carbocycles. The van der Waals surface area contributed by atoms with Crippen molar-refractivity contribution in [3.05, 3.63) is 78.0 Å². The number of rotatable bonds is 3. The lowest BCUT2D eigenvalue weighted by atomic mass is 9.96. The molecule has 4 aromatic rings. The fourth-order valence-electron chi connectivity index (χ4n) is 2.94. The van der Waals surface area contributed by atoms with Gasteiger partial charge in [0.15, 0.2) is 11.5 Å². The average Bonchev–Trinajstić information content (AvgIpc) is 3.05. The van der Waals surface area contributed by atoms with E-state index in [0.29, 0.717) is 5.82 Å². The first-order valence-corrected chi connectivity index (χ1v) is 7.88. The van der Waals surface area contributed by atoms with Crippen molar-refractivity contribution >= 4 is 5.65 Å². The summed E-state index contributed by atoms with van der Waals surface area (Å²) in [5, 5.41) is 13.8. The quantitative estimate of drug-likeness (QED) is 0.624. The molecule has 0 saturated heterocycles. The summed E-state index contributed by atoms with van der Waals surface area (Å²) in [6, 6.07) is 20.2. The van der Waals surface area contributed by atoms with Crippen LogP contribution in [0.25, 0.3) is 28.2 Å². The summed E-state index contributed by atoms with van der Waals surface area (Å²) >= 11 is 0. The highest BCUT2D eigenvalue weighted by Gasteiger charge is 2.12. The van der Waals surface area contributed by atoms with E-state index in [2.05, 4.69) is 35.2 Å². The summed E-state index contributed by atoms with van der Waals surface area (Å²) in [4.78, 5) is 4.63. The lowest BCUT2D eigenvalue weighted by Crippen LogP contribution is -1.91. The summed E-state index contributed by atoms with van der Waals surface area (Å²) in [6.07, 6.45) is 1.83. The Morgan fingerprint density at radius 2 is 1.75 bits per heavy atom. The molecule has 0 radical (unpaired) electrons. The fourth-order valence-corrected chi connectivity index (χ4v) is 2.94. The number of benzene rings is 2. The molecule has 0 aliphatic rings. The number of pyridine rings is 1. The molecule has 1 N–H and O–H groups in total. The molecule has 0 bridgehead atoms. The minimum Gasteiger partial charge on any atom is -0.392 e. The van der Waals surface area contributed by atoms with Crippen LogP contribution in [0.4, 0.5) is 0 Å². The summed E-state index contributed by atoms with van der Waals surface area (Å²) in [7, 11) is 0. The van der Waals surface area contributed by atoms with Crippen LogP contribution < -0.4 is 0 Å². The van der Waals surface area contributed by atoms with Crippen molar-refractivity contribution in [2.45, 2.75) is 13.5 Å². The van der Waals surface area contributed by atoms with Gasteiger partial charge in [-0.25, -0.2) is 9.50 Å². The number of aliphatic hydroxyl groups is 1. The van der Waals surface area contributed by atoms with Crippen LogP contribution in [0.15, 0.2) is 66.9 Å². The number of aromatic nitrogens is 3. The third-order valence-electron chi connectivity index (χ3n) is 4.24. The lowest BCUT2D eigenvalue weighted by Gasteiger charge is -2.09. The predicted molar refractivity (Wildman–Crippen MR) is 94.5 cm³/mol. The Hall–Kier alpha value is -2.98. The number of fused-ring (bicyclic) bond motifs is 1. The predicted octanol–water partition coefficient (Wildman–Crippen LogP) is 3.86. The summed E-state index contributed by atoms with van der Waals surface area (Å²) < 4.78 is 1.74. The van der Waals surface area contributed by atoms with Gasteiger partial charge in [-0.2, -0.15) is 0 Å². The SMILES string of the molecule is Cc1c(-c2ccccc2)cccc1-c1nc2cc(CO)ccn2n1. The maximum Gasteiger partial charge on any atom is 0.182 e. The molecule has 4 heteroatoms. The van der Waals surface area contributed by atoms with Crippen LogP contribution in [-0.4, -0.2) is 19.7 Å². The molecular weight excluding hydrogens is 298 g/mol. The first-order valence-electron chi connectivity index (χ1n) is 7.88. The van der Waals surface area contributed by atoms with Gasteiger partial charge in [-0.1, -0.05) is 48.5 Å². The lowest BCUT2D eigenvalue weighted by molar-refractivity contribution is 0.282. The molecule has 0 atom stereocenters. The molecule has 0 amide bonds. The summed E-state index contributed by atoms with van der Waals surface area (Å²) in [6.45, 7) is 2.10. The van der Waals surface area contributed by atoms with Crippen molar-refractivity contribution in [3.63, 3.8) is 0 Å². The second-order valence-electron chi connectivity index (χ2n) is 5.78. The van der Waals surface area contributed by atoms with Crippen molar-refractivity contribution in [1.29, 1.82) is 0 Å². The Morgan fingerprint density at radius 1 is 0.958 bits per heavy atom. The van der Waals surface area contributed by atoms with Gasteiger partial charge in [-0.3, -0.25) is 0 Å². The third kappa shape index (κ3) is 2.47. The minimum absolute atomic E-state index is 0.00120. The van der Waals surface area contributed by atoms with E-state index in [1.807, 2.05) is 48.7 Å². The Bertz CT molecular complexity index is 1010. The molecule has 2 heterocycles. The zero-order valence-corrected chi connectivity index (χ0v) is 13.3. The summed E-state index contributed by atoms with van der Waals surface area (Å²) in [5.41, 5.74) is 6.11. The van der Waals surface area contributed by atoms with Gasteiger partial charge in [0.1, 0.15) is 0 Å². The van der Waals surface area contributed by atoms with E-state index in [9.17, 15) is 5.11 Å². The maximum absolute atomic E-state index is 9.27. The van der Waals surface area contributed by atoms with Crippen molar-refractivity contribution in [2.75, 3.05) is 0 Å². The fraction of sp³-hybridized carbons (Fsp3) is 0.100. The van der Waals surface area contributed by atoms with Crippen molar-refractivity contribution in [1.82, 2.24) is 14.6 Å². The van der Waals surface area contributed by atoms with E-state index in [1.165, 1.54) is 11.1 Å². The summed E-state index contributed by atoms with van der Waals surface area (Å²) in [5.74, 6) is 0.695. The molecule has 2 aromatic heterocycles. The molecule has 2 aromatic carbocycles. The molecule has 0 aliphatic heterocycles. The van der Waals surface area contributed by atoms with Crippen LogP contribution in [0.2, 0.25) is 0 Å². The Kier molecular flexibility index (Phi) is 3.59. The van der Waals surface area contributed by atoms with Gasteiger partial charge in [0.2, 0.25) is 0 Å². The molecule has 0 aliphatic carbocycles. The van der Waals surface area contributed by atoms with Crippen LogP contribution in [0.1, 0.15) is 11.1 Å². The van der Waals surface area contributed by atoms with Crippen molar-refractivity contribution < 1.29 is 5.11 Å². The average molecular weight is 315 g/mol. The van der Waals surface area contributed by atoms with E-state index in [-0.39, 0.29) is 6.61 Å². The zero-order valence-electron chi connectivity index (χ0n) is 13.3. The van der Waals surface area contributed by atoms with Crippen LogP contribution >= 0.6 is 0 Å². The highest BCUT2D eigenvalue weighted by Crippen LogP contribution is 2.30. The number of nitrogens with zero attached hydrogens (tertiary/aromatic N) is 3. The van der Waals surface area contributed by atoms with Crippen molar-refractivity contribution in [2.24, 2.45) is 0 Å². The number of hydrogen-bond donors (Lipinski definition) is 1. The van der Waals surface area contributed by atoms with Gasteiger partial charge >= 0.3 is 0 Å². The molecular formula is C20H17N3O. The van der Waals surface area contributed by atoms with Crippen molar-refractivity contribution in [3.8, 4) is 22.5 Å². The number of aliphatic hydroxyl groups excluding tert-OH is 1. The first-order chi connectivity index (χ1) is 11.8. The second kappa shape index (κ2) is 5.91. The molecule has 0 spiro atoms. The van der Waals surface area contributed by atoms with Gasteiger partial charge in [0.25, 0.3) is 0 Å². The normalized spacial score (nSPS) is 11.1.